The molecule has 0 aliphatic heterocycles. The average Bonchev–Trinajstić information content (AvgIpc) is 2.58. The number of nitriles is 1. The van der Waals surface area contributed by atoms with Crippen LogP contribution >= 0.6 is 11.5 Å². The van der Waals surface area contributed by atoms with Gasteiger partial charge in [0.15, 0.2) is 5.01 Å². The van der Waals surface area contributed by atoms with Crippen LogP contribution in [0.5, 0.6) is 0 Å². The molecule has 4 nitrogen and oxygen atoms in total. The van der Waals surface area contributed by atoms with Crippen LogP contribution in [0.4, 0.5) is 0 Å². The van der Waals surface area contributed by atoms with Gasteiger partial charge >= 0.3 is 0 Å². The summed E-state index contributed by atoms with van der Waals surface area (Å²) in [6.07, 6.45) is 1.83. The molecule has 1 aliphatic rings. The van der Waals surface area contributed by atoms with Crippen molar-refractivity contribution in [1.29, 1.82) is 5.26 Å². The summed E-state index contributed by atoms with van der Waals surface area (Å²) >= 11 is 1.22. The molecule has 50 valence electrons. The molecule has 2 rings (SSSR count). The number of aromatic nitrogens is 3. The van der Waals surface area contributed by atoms with Crippen molar-refractivity contribution in [3.63, 3.8) is 0 Å². The number of rotatable bonds is 1. The molecule has 1 saturated carbocycles. The fourth-order valence-electron chi connectivity index (χ4n) is 0.816. The topological polar surface area (TPSA) is 62.5 Å². The second-order valence-electron chi connectivity index (χ2n) is 2.36. The van der Waals surface area contributed by atoms with Crippen molar-refractivity contribution in [2.45, 2.75) is 18.3 Å². The van der Waals surface area contributed by atoms with E-state index in [1.54, 1.807) is 0 Å². The smallest absolute Gasteiger partial charge is 0.158 e. The van der Waals surface area contributed by atoms with Gasteiger partial charge < -0.3 is 0 Å². The van der Waals surface area contributed by atoms with Crippen LogP contribution < -0.4 is 0 Å². The molecule has 0 aromatic carbocycles. The van der Waals surface area contributed by atoms with Gasteiger partial charge in [-0.15, -0.1) is 5.10 Å². The molecule has 0 atom stereocenters. The van der Waals surface area contributed by atoms with Gasteiger partial charge in [0.1, 0.15) is 5.41 Å². The van der Waals surface area contributed by atoms with Crippen molar-refractivity contribution in [3.05, 3.63) is 5.01 Å². The van der Waals surface area contributed by atoms with Crippen molar-refractivity contribution in [2.75, 3.05) is 0 Å². The van der Waals surface area contributed by atoms with Crippen molar-refractivity contribution in [3.8, 4) is 6.07 Å². The minimum atomic E-state index is -0.297. The Morgan fingerprint density at radius 2 is 2.40 bits per heavy atom. The molecule has 0 radical (unpaired) electrons. The first-order valence-corrected chi connectivity index (χ1v) is 3.71. The predicted molar refractivity (Wildman–Crippen MR) is 34.2 cm³/mol. The number of hydrogen-bond acceptors (Lipinski definition) is 5. The Balaban J connectivity index is 2.38. The monoisotopic (exact) mass is 152 g/mol. The zero-order chi connectivity index (χ0) is 7.03. The molecule has 1 fully saturated rings. The fraction of sp³-hybridized carbons (Fsp3) is 0.600. The standard InChI is InChI=1S/C5H4N4S/c6-3-5(1-2-5)4-7-8-9-10-4/h1-2H2. The largest absolute Gasteiger partial charge is 0.197 e. The van der Waals surface area contributed by atoms with Crippen LogP contribution in [0.2, 0.25) is 0 Å². The first-order valence-electron chi connectivity index (χ1n) is 2.94. The zero-order valence-electron chi connectivity index (χ0n) is 5.11. The van der Waals surface area contributed by atoms with E-state index in [1.165, 1.54) is 11.5 Å². The van der Waals surface area contributed by atoms with Gasteiger partial charge in [-0.2, -0.15) is 5.26 Å². The summed E-state index contributed by atoms with van der Waals surface area (Å²) < 4.78 is 3.61. The average molecular weight is 152 g/mol. The summed E-state index contributed by atoms with van der Waals surface area (Å²) in [5.41, 5.74) is -0.297. The lowest BCUT2D eigenvalue weighted by molar-refractivity contribution is 0.830. The minimum Gasteiger partial charge on any atom is -0.197 e. The lowest BCUT2D eigenvalue weighted by Crippen LogP contribution is -2.00. The quantitative estimate of drug-likeness (QED) is 0.587. The summed E-state index contributed by atoms with van der Waals surface area (Å²) in [6.45, 7) is 0. The molecule has 0 bridgehead atoms. The van der Waals surface area contributed by atoms with Crippen LogP contribution in [0.3, 0.4) is 0 Å². The third-order valence-electron chi connectivity index (χ3n) is 1.67. The van der Waals surface area contributed by atoms with Crippen LogP contribution in [-0.4, -0.2) is 14.8 Å². The molecule has 10 heavy (non-hydrogen) atoms. The van der Waals surface area contributed by atoms with Crippen LogP contribution in [0, 0.1) is 11.3 Å². The van der Waals surface area contributed by atoms with Crippen LogP contribution in [0.15, 0.2) is 0 Å². The molecular formula is C5H4N4S. The first-order chi connectivity index (χ1) is 4.87. The van der Waals surface area contributed by atoms with Gasteiger partial charge in [0.2, 0.25) is 0 Å². The highest BCUT2D eigenvalue weighted by Gasteiger charge is 2.48. The van der Waals surface area contributed by atoms with Crippen LogP contribution in [0.1, 0.15) is 17.8 Å². The molecule has 1 aromatic heterocycles. The van der Waals surface area contributed by atoms with Crippen LogP contribution in [0.25, 0.3) is 0 Å². The van der Waals surface area contributed by atoms with E-state index in [0.29, 0.717) is 0 Å². The molecule has 0 N–H and O–H groups in total. The van der Waals surface area contributed by atoms with Crippen LogP contribution in [-0.2, 0) is 5.41 Å². The van der Waals surface area contributed by atoms with E-state index in [1.807, 2.05) is 0 Å². The molecule has 0 unspecified atom stereocenters. The first kappa shape index (κ1) is 5.74. The normalized spacial score (nSPS) is 19.9. The molecular weight excluding hydrogens is 148 g/mol. The highest BCUT2D eigenvalue weighted by atomic mass is 32.1. The third-order valence-corrected chi connectivity index (χ3v) is 2.47. The maximum Gasteiger partial charge on any atom is 0.158 e. The summed E-state index contributed by atoms with van der Waals surface area (Å²) in [5.74, 6) is 0. The summed E-state index contributed by atoms with van der Waals surface area (Å²) in [5, 5.41) is 16.7. The Labute approximate surface area is 61.7 Å². The van der Waals surface area contributed by atoms with E-state index in [-0.39, 0.29) is 5.41 Å². The SMILES string of the molecule is N#CC1(c2nnns2)CC1. The van der Waals surface area contributed by atoms with E-state index >= 15 is 0 Å². The summed E-state index contributed by atoms with van der Waals surface area (Å²) in [6, 6.07) is 2.22. The van der Waals surface area contributed by atoms with Gasteiger partial charge in [0, 0.05) is 11.5 Å². The van der Waals surface area contributed by atoms with Gasteiger partial charge in [-0.25, -0.2) is 0 Å². The van der Waals surface area contributed by atoms with Gasteiger partial charge in [-0.1, -0.05) is 4.49 Å². The van der Waals surface area contributed by atoms with E-state index in [2.05, 4.69) is 20.9 Å². The molecule has 5 heteroatoms. The maximum atomic E-state index is 8.69. The highest BCUT2D eigenvalue weighted by molar-refractivity contribution is 7.05. The van der Waals surface area contributed by atoms with Crippen molar-refractivity contribution in [1.82, 2.24) is 14.8 Å². The van der Waals surface area contributed by atoms with Gasteiger partial charge in [0.25, 0.3) is 0 Å². The zero-order valence-corrected chi connectivity index (χ0v) is 5.93. The Bertz CT molecular complexity index is 268. The fourth-order valence-corrected chi connectivity index (χ4v) is 1.46. The molecule has 0 spiro atoms. The van der Waals surface area contributed by atoms with E-state index < -0.39 is 0 Å². The number of nitrogens with zero attached hydrogens (tertiary/aromatic N) is 4. The van der Waals surface area contributed by atoms with Crippen molar-refractivity contribution >= 4 is 11.5 Å². The minimum absolute atomic E-state index is 0.297. The maximum absolute atomic E-state index is 8.69. The third kappa shape index (κ3) is 0.625. The number of hydrogen-bond donors (Lipinski definition) is 0. The molecule has 0 amide bonds. The van der Waals surface area contributed by atoms with Gasteiger partial charge in [0.05, 0.1) is 6.07 Å². The molecule has 1 aliphatic carbocycles. The lowest BCUT2D eigenvalue weighted by atomic mass is 10.1. The van der Waals surface area contributed by atoms with Gasteiger partial charge in [-0.3, -0.25) is 0 Å². The Morgan fingerprint density at radius 1 is 1.60 bits per heavy atom. The molecule has 1 aromatic rings. The Morgan fingerprint density at radius 3 is 2.80 bits per heavy atom. The highest BCUT2D eigenvalue weighted by Crippen LogP contribution is 2.47. The summed E-state index contributed by atoms with van der Waals surface area (Å²) in [7, 11) is 0. The van der Waals surface area contributed by atoms with Gasteiger partial charge in [-0.05, 0) is 18.1 Å². The Kier molecular flexibility index (Phi) is 0.995. The molecule has 1 heterocycles. The second-order valence-corrected chi connectivity index (χ2v) is 3.09. The lowest BCUT2D eigenvalue weighted by Gasteiger charge is -1.92. The summed E-state index contributed by atoms with van der Waals surface area (Å²) in [4.78, 5) is 0. The van der Waals surface area contributed by atoms with E-state index in [4.69, 9.17) is 5.26 Å². The van der Waals surface area contributed by atoms with E-state index in [0.717, 1.165) is 17.8 Å². The van der Waals surface area contributed by atoms with Crippen molar-refractivity contribution in [2.24, 2.45) is 0 Å². The predicted octanol–water partition coefficient (Wildman–Crippen LogP) is 0.488. The molecule has 0 saturated heterocycles. The Hall–Kier alpha value is -1.02. The van der Waals surface area contributed by atoms with Crippen molar-refractivity contribution < 1.29 is 0 Å². The second kappa shape index (κ2) is 1.73. The van der Waals surface area contributed by atoms with E-state index in [9.17, 15) is 0 Å².